The Bertz CT molecular complexity index is 1010. The third kappa shape index (κ3) is 2.79. The molecule has 0 fully saturated rings. The summed E-state index contributed by atoms with van der Waals surface area (Å²) in [5, 5.41) is 0.845. The van der Waals surface area contributed by atoms with Gasteiger partial charge in [0.05, 0.1) is 22.6 Å². The summed E-state index contributed by atoms with van der Waals surface area (Å²) in [5.41, 5.74) is 0.512. The normalized spacial score (nSPS) is 11.6. The van der Waals surface area contributed by atoms with E-state index in [2.05, 4.69) is 0 Å². The summed E-state index contributed by atoms with van der Waals surface area (Å²) in [6, 6.07) is 12.7. The van der Waals surface area contributed by atoms with Gasteiger partial charge in [0.1, 0.15) is 0 Å². The van der Waals surface area contributed by atoms with Gasteiger partial charge in [-0.2, -0.15) is 0 Å². The van der Waals surface area contributed by atoms with Gasteiger partial charge in [-0.15, -0.1) is 0 Å². The molecule has 1 aromatic heterocycles. The van der Waals surface area contributed by atoms with E-state index < -0.39 is 16.0 Å². The predicted octanol–water partition coefficient (Wildman–Crippen LogP) is 3.71. The maximum absolute atomic E-state index is 12.9. The number of benzene rings is 2. The number of nitrogens with zero attached hydrogens (tertiary/aromatic N) is 1. The summed E-state index contributed by atoms with van der Waals surface area (Å²) in [6.07, 6.45) is 1.28. The molecule has 0 saturated carbocycles. The van der Waals surface area contributed by atoms with Crippen LogP contribution in [0.3, 0.4) is 0 Å². The van der Waals surface area contributed by atoms with E-state index in [4.69, 9.17) is 16.3 Å². The number of aromatic nitrogens is 1. The second kappa shape index (κ2) is 6.30. The van der Waals surface area contributed by atoms with Gasteiger partial charge in [-0.05, 0) is 31.2 Å². The van der Waals surface area contributed by atoms with Gasteiger partial charge < -0.3 is 4.74 Å². The van der Waals surface area contributed by atoms with E-state index in [1.54, 1.807) is 37.3 Å². The van der Waals surface area contributed by atoms with Crippen molar-refractivity contribution in [2.45, 2.75) is 11.8 Å². The first kappa shape index (κ1) is 16.5. The fourth-order valence-electron chi connectivity index (χ4n) is 2.45. The van der Waals surface area contributed by atoms with Crippen molar-refractivity contribution in [2.24, 2.45) is 0 Å². The molecule has 0 N–H and O–H groups in total. The van der Waals surface area contributed by atoms with Gasteiger partial charge in [-0.25, -0.2) is 17.2 Å². The van der Waals surface area contributed by atoms with Crippen LogP contribution in [0.4, 0.5) is 0 Å². The van der Waals surface area contributed by atoms with Crippen LogP contribution in [-0.4, -0.2) is 25.0 Å². The highest BCUT2D eigenvalue weighted by Gasteiger charge is 2.24. The number of carbonyl (C=O) groups is 1. The lowest BCUT2D eigenvalue weighted by Crippen LogP contribution is -2.12. The lowest BCUT2D eigenvalue weighted by molar-refractivity contribution is 0.0528. The molecule has 124 valence electrons. The number of rotatable bonds is 4. The van der Waals surface area contributed by atoms with Gasteiger partial charge in [-0.1, -0.05) is 35.9 Å². The Morgan fingerprint density at radius 1 is 1.17 bits per heavy atom. The van der Waals surface area contributed by atoms with Gasteiger partial charge in [0, 0.05) is 16.6 Å². The second-order valence-electron chi connectivity index (χ2n) is 5.04. The number of hydrogen-bond donors (Lipinski definition) is 0. The highest BCUT2D eigenvalue weighted by molar-refractivity contribution is 7.90. The molecule has 0 aliphatic heterocycles. The van der Waals surface area contributed by atoms with Crippen LogP contribution in [0.15, 0.2) is 59.6 Å². The van der Waals surface area contributed by atoms with Crippen LogP contribution < -0.4 is 0 Å². The predicted molar refractivity (Wildman–Crippen MR) is 91.9 cm³/mol. The van der Waals surface area contributed by atoms with Crippen molar-refractivity contribution in [1.29, 1.82) is 0 Å². The van der Waals surface area contributed by atoms with Crippen molar-refractivity contribution < 1.29 is 17.9 Å². The van der Waals surface area contributed by atoms with Crippen LogP contribution in [0, 0.1) is 0 Å². The Morgan fingerprint density at radius 3 is 2.54 bits per heavy atom. The molecule has 5 nitrogen and oxygen atoms in total. The number of carbonyl (C=O) groups excluding carboxylic acids is 1. The van der Waals surface area contributed by atoms with Gasteiger partial charge >= 0.3 is 5.97 Å². The van der Waals surface area contributed by atoms with Crippen molar-refractivity contribution in [1.82, 2.24) is 3.97 Å². The molecule has 0 amide bonds. The van der Waals surface area contributed by atoms with Crippen LogP contribution in [0.5, 0.6) is 0 Å². The third-order valence-corrected chi connectivity index (χ3v) is 5.45. The maximum Gasteiger partial charge on any atom is 0.340 e. The molecule has 0 aliphatic rings. The monoisotopic (exact) mass is 363 g/mol. The van der Waals surface area contributed by atoms with Gasteiger partial charge in [-0.3, -0.25) is 0 Å². The number of esters is 1. The fourth-order valence-corrected chi connectivity index (χ4v) is 4.00. The van der Waals surface area contributed by atoms with E-state index in [-0.39, 0.29) is 17.1 Å². The molecule has 1 heterocycles. The SMILES string of the molecule is CCOC(=O)c1cn(S(=O)(=O)c2ccccc2)c2cc(Cl)ccc12. The Hall–Kier alpha value is -2.31. The minimum Gasteiger partial charge on any atom is -0.462 e. The number of hydrogen-bond acceptors (Lipinski definition) is 4. The molecule has 0 bridgehead atoms. The largest absolute Gasteiger partial charge is 0.462 e. The average Bonchev–Trinajstić information content (AvgIpc) is 2.95. The van der Waals surface area contributed by atoms with Crippen LogP contribution in [0.25, 0.3) is 10.9 Å². The molecule has 0 unspecified atom stereocenters. The zero-order valence-electron chi connectivity index (χ0n) is 12.8. The Labute approximate surface area is 144 Å². The first-order valence-corrected chi connectivity index (χ1v) is 9.05. The summed E-state index contributed by atoms with van der Waals surface area (Å²) in [7, 11) is -3.86. The van der Waals surface area contributed by atoms with Crippen LogP contribution in [0.1, 0.15) is 17.3 Å². The van der Waals surface area contributed by atoms with Crippen molar-refractivity contribution in [2.75, 3.05) is 6.61 Å². The Kier molecular flexibility index (Phi) is 4.34. The van der Waals surface area contributed by atoms with E-state index in [9.17, 15) is 13.2 Å². The maximum atomic E-state index is 12.9. The summed E-state index contributed by atoms with van der Waals surface area (Å²) in [4.78, 5) is 12.3. The third-order valence-electron chi connectivity index (χ3n) is 3.53. The lowest BCUT2D eigenvalue weighted by atomic mass is 10.2. The van der Waals surface area contributed by atoms with Crippen molar-refractivity contribution in [3.05, 3.63) is 65.3 Å². The first-order chi connectivity index (χ1) is 11.4. The summed E-state index contributed by atoms with van der Waals surface area (Å²) >= 11 is 6.01. The molecule has 3 aromatic rings. The summed E-state index contributed by atoms with van der Waals surface area (Å²) in [6.45, 7) is 1.89. The molecule has 0 aliphatic carbocycles. The average molecular weight is 364 g/mol. The van der Waals surface area contributed by atoms with E-state index in [1.165, 1.54) is 24.4 Å². The van der Waals surface area contributed by atoms with Crippen molar-refractivity contribution in [3.8, 4) is 0 Å². The van der Waals surface area contributed by atoms with Crippen LogP contribution >= 0.6 is 11.6 Å². The molecule has 3 rings (SSSR count). The van der Waals surface area contributed by atoms with E-state index in [0.29, 0.717) is 15.9 Å². The topological polar surface area (TPSA) is 65.4 Å². The van der Waals surface area contributed by atoms with E-state index in [0.717, 1.165) is 3.97 Å². The van der Waals surface area contributed by atoms with Gasteiger partial charge in [0.2, 0.25) is 0 Å². The van der Waals surface area contributed by atoms with E-state index in [1.807, 2.05) is 0 Å². The van der Waals surface area contributed by atoms with Gasteiger partial charge in [0.25, 0.3) is 10.0 Å². The zero-order valence-corrected chi connectivity index (χ0v) is 14.3. The Balaban J connectivity index is 2.29. The van der Waals surface area contributed by atoms with Gasteiger partial charge in [0.15, 0.2) is 0 Å². The molecule has 24 heavy (non-hydrogen) atoms. The number of ether oxygens (including phenoxy) is 1. The quantitative estimate of drug-likeness (QED) is 0.663. The molecular weight excluding hydrogens is 350 g/mol. The zero-order chi connectivity index (χ0) is 17.3. The lowest BCUT2D eigenvalue weighted by Gasteiger charge is -2.07. The highest BCUT2D eigenvalue weighted by Crippen LogP contribution is 2.28. The molecule has 0 atom stereocenters. The molecule has 0 spiro atoms. The molecule has 2 aromatic carbocycles. The molecule has 7 heteroatoms. The Morgan fingerprint density at radius 2 is 1.88 bits per heavy atom. The smallest absolute Gasteiger partial charge is 0.340 e. The van der Waals surface area contributed by atoms with E-state index >= 15 is 0 Å². The highest BCUT2D eigenvalue weighted by atomic mass is 35.5. The number of halogens is 1. The van der Waals surface area contributed by atoms with Crippen LogP contribution in [0.2, 0.25) is 5.02 Å². The summed E-state index contributed by atoms with van der Waals surface area (Å²) in [5.74, 6) is -0.577. The van der Waals surface area contributed by atoms with Crippen molar-refractivity contribution >= 4 is 38.5 Å². The minimum atomic E-state index is -3.86. The molecular formula is C17H14ClNO4S. The molecule has 0 radical (unpaired) electrons. The summed E-state index contributed by atoms with van der Waals surface area (Å²) < 4.78 is 31.9. The number of fused-ring (bicyclic) bond motifs is 1. The van der Waals surface area contributed by atoms with Crippen molar-refractivity contribution in [3.63, 3.8) is 0 Å². The van der Waals surface area contributed by atoms with Crippen LogP contribution in [-0.2, 0) is 14.8 Å². The minimum absolute atomic E-state index is 0.122. The first-order valence-electron chi connectivity index (χ1n) is 7.23. The fraction of sp³-hybridized carbons (Fsp3) is 0.118. The standard InChI is InChI=1S/C17H14ClNO4S/c1-2-23-17(20)15-11-19(16-10-12(18)8-9-14(15)16)24(21,22)13-6-4-3-5-7-13/h3-11H,2H2,1H3. The second-order valence-corrected chi connectivity index (χ2v) is 7.29. The molecule has 0 saturated heterocycles.